The number of hydrogen-bond acceptors (Lipinski definition) is 1. The first-order valence-electron chi connectivity index (χ1n) is 6.37. The number of benzene rings is 2. The molecule has 96 valence electrons. The third-order valence-corrected chi connectivity index (χ3v) is 3.82. The van der Waals surface area contributed by atoms with Crippen LogP contribution < -0.4 is 0 Å². The first-order valence-corrected chi connectivity index (χ1v) is 6.74. The van der Waals surface area contributed by atoms with Gasteiger partial charge in [-0.15, -0.1) is 0 Å². The average Bonchev–Trinajstić information content (AvgIpc) is 2.47. The van der Waals surface area contributed by atoms with Crippen molar-refractivity contribution in [3.63, 3.8) is 0 Å². The Hall–Kier alpha value is -1.80. The minimum atomic E-state index is -0.367. The largest absolute Gasteiger partial charge is 0.325 e. The Morgan fingerprint density at radius 1 is 1.11 bits per heavy atom. The molecule has 3 rings (SSSR count). The molecule has 1 aliphatic rings. The number of amides is 1. The standard InChI is InChI=1S/C16H14ClNO/c17-16(19)18-9-7-13(8-10-18)15-6-5-12-3-1-2-4-14(12)11-15/h1-7,11H,8-10H2. The first kappa shape index (κ1) is 12.2. The molecule has 0 spiro atoms. The van der Waals surface area contributed by atoms with Crippen LogP contribution in [0.2, 0.25) is 0 Å². The summed E-state index contributed by atoms with van der Waals surface area (Å²) in [5.74, 6) is 0. The molecule has 0 radical (unpaired) electrons. The van der Waals surface area contributed by atoms with E-state index in [9.17, 15) is 4.79 Å². The smallest absolute Gasteiger partial charge is 0.316 e. The van der Waals surface area contributed by atoms with Gasteiger partial charge in [-0.05, 0) is 46.0 Å². The molecule has 0 atom stereocenters. The van der Waals surface area contributed by atoms with Crippen LogP contribution in [0.5, 0.6) is 0 Å². The van der Waals surface area contributed by atoms with Crippen molar-refractivity contribution < 1.29 is 4.79 Å². The minimum absolute atomic E-state index is 0.367. The topological polar surface area (TPSA) is 20.3 Å². The summed E-state index contributed by atoms with van der Waals surface area (Å²) in [6, 6.07) is 14.8. The van der Waals surface area contributed by atoms with E-state index >= 15 is 0 Å². The zero-order valence-electron chi connectivity index (χ0n) is 10.5. The Labute approximate surface area is 117 Å². The van der Waals surface area contributed by atoms with Gasteiger partial charge >= 0.3 is 5.37 Å². The molecule has 0 N–H and O–H groups in total. The Kier molecular flexibility index (Phi) is 3.26. The van der Waals surface area contributed by atoms with Crippen molar-refractivity contribution in [2.45, 2.75) is 6.42 Å². The summed E-state index contributed by atoms with van der Waals surface area (Å²) >= 11 is 5.49. The lowest BCUT2D eigenvalue weighted by atomic mass is 9.97. The summed E-state index contributed by atoms with van der Waals surface area (Å²) in [5.41, 5.74) is 2.53. The molecular formula is C16H14ClNO. The van der Waals surface area contributed by atoms with Crippen molar-refractivity contribution in [1.82, 2.24) is 4.90 Å². The van der Waals surface area contributed by atoms with Crippen LogP contribution in [0, 0.1) is 0 Å². The molecule has 0 aliphatic carbocycles. The van der Waals surface area contributed by atoms with E-state index in [0.29, 0.717) is 13.1 Å². The third kappa shape index (κ3) is 2.49. The van der Waals surface area contributed by atoms with E-state index in [0.717, 1.165) is 6.42 Å². The number of carbonyl (C=O) groups excluding carboxylic acids is 1. The highest BCUT2D eigenvalue weighted by Gasteiger charge is 2.15. The van der Waals surface area contributed by atoms with E-state index in [1.54, 1.807) is 4.90 Å². The van der Waals surface area contributed by atoms with Crippen molar-refractivity contribution in [2.75, 3.05) is 13.1 Å². The monoisotopic (exact) mass is 271 g/mol. The van der Waals surface area contributed by atoms with Crippen LogP contribution in [0.15, 0.2) is 48.5 Å². The molecule has 2 nitrogen and oxygen atoms in total. The number of halogens is 1. The second-order valence-electron chi connectivity index (χ2n) is 4.74. The van der Waals surface area contributed by atoms with E-state index < -0.39 is 0 Å². The lowest BCUT2D eigenvalue weighted by molar-refractivity contribution is 0.227. The van der Waals surface area contributed by atoms with Crippen molar-refractivity contribution in [1.29, 1.82) is 0 Å². The first-order chi connectivity index (χ1) is 9.24. The molecular weight excluding hydrogens is 258 g/mol. The predicted molar refractivity (Wildman–Crippen MR) is 79.4 cm³/mol. The normalized spacial score (nSPS) is 15.4. The highest BCUT2D eigenvalue weighted by molar-refractivity contribution is 6.62. The van der Waals surface area contributed by atoms with Gasteiger partial charge in [0.2, 0.25) is 0 Å². The van der Waals surface area contributed by atoms with Crippen LogP contribution in [0.3, 0.4) is 0 Å². The van der Waals surface area contributed by atoms with Crippen LogP contribution in [-0.4, -0.2) is 23.4 Å². The molecule has 0 saturated carbocycles. The fourth-order valence-electron chi connectivity index (χ4n) is 2.48. The van der Waals surface area contributed by atoms with Gasteiger partial charge in [0.05, 0.1) is 0 Å². The zero-order chi connectivity index (χ0) is 13.2. The Morgan fingerprint density at radius 2 is 1.89 bits per heavy atom. The summed E-state index contributed by atoms with van der Waals surface area (Å²) in [7, 11) is 0. The van der Waals surface area contributed by atoms with Crippen LogP contribution in [0.1, 0.15) is 12.0 Å². The quantitative estimate of drug-likeness (QED) is 0.560. The molecule has 19 heavy (non-hydrogen) atoms. The van der Waals surface area contributed by atoms with Crippen LogP contribution >= 0.6 is 11.6 Å². The Balaban J connectivity index is 1.91. The maximum Gasteiger partial charge on any atom is 0.316 e. The molecule has 0 bridgehead atoms. The molecule has 0 unspecified atom stereocenters. The SMILES string of the molecule is O=C(Cl)N1CC=C(c2ccc3ccccc3c2)CC1. The lowest BCUT2D eigenvalue weighted by Gasteiger charge is -2.24. The highest BCUT2D eigenvalue weighted by Crippen LogP contribution is 2.26. The molecule has 0 fully saturated rings. The van der Waals surface area contributed by atoms with Gasteiger partial charge in [0.15, 0.2) is 0 Å². The van der Waals surface area contributed by atoms with Gasteiger partial charge in [0, 0.05) is 13.1 Å². The van der Waals surface area contributed by atoms with Gasteiger partial charge in [-0.1, -0.05) is 42.5 Å². The summed E-state index contributed by atoms with van der Waals surface area (Å²) in [5, 5.41) is 2.13. The van der Waals surface area contributed by atoms with E-state index in [-0.39, 0.29) is 5.37 Å². The number of nitrogens with zero attached hydrogens (tertiary/aromatic N) is 1. The average molecular weight is 272 g/mol. The molecule has 2 aromatic carbocycles. The molecule has 1 heterocycles. The van der Waals surface area contributed by atoms with Crippen molar-refractivity contribution >= 4 is 33.3 Å². The second-order valence-corrected chi connectivity index (χ2v) is 5.06. The van der Waals surface area contributed by atoms with Crippen LogP contribution in [0.4, 0.5) is 4.79 Å². The lowest BCUT2D eigenvalue weighted by Crippen LogP contribution is -2.30. The summed E-state index contributed by atoms with van der Waals surface area (Å²) < 4.78 is 0. The van der Waals surface area contributed by atoms with Gasteiger partial charge in [-0.3, -0.25) is 4.79 Å². The zero-order valence-corrected chi connectivity index (χ0v) is 11.2. The van der Waals surface area contributed by atoms with Crippen molar-refractivity contribution in [2.24, 2.45) is 0 Å². The molecule has 1 aliphatic heterocycles. The molecule has 0 saturated heterocycles. The van der Waals surface area contributed by atoms with E-state index in [1.165, 1.54) is 21.9 Å². The Morgan fingerprint density at radius 3 is 2.58 bits per heavy atom. The van der Waals surface area contributed by atoms with Crippen LogP contribution in [-0.2, 0) is 0 Å². The minimum Gasteiger partial charge on any atom is -0.325 e. The predicted octanol–water partition coefficient (Wildman–Crippen LogP) is 4.29. The maximum absolute atomic E-state index is 11.1. The maximum atomic E-state index is 11.1. The van der Waals surface area contributed by atoms with Crippen LogP contribution in [0.25, 0.3) is 16.3 Å². The number of rotatable bonds is 1. The fraction of sp³-hybridized carbons (Fsp3) is 0.188. The molecule has 3 heteroatoms. The molecule has 2 aromatic rings. The van der Waals surface area contributed by atoms with Gasteiger partial charge in [0.1, 0.15) is 0 Å². The Bertz CT molecular complexity index is 663. The summed E-state index contributed by atoms with van der Waals surface area (Å²) in [4.78, 5) is 12.7. The van der Waals surface area contributed by atoms with Gasteiger partial charge in [-0.2, -0.15) is 0 Å². The summed E-state index contributed by atoms with van der Waals surface area (Å²) in [6.45, 7) is 1.30. The number of hydrogen-bond donors (Lipinski definition) is 0. The van der Waals surface area contributed by atoms with E-state index in [4.69, 9.17) is 11.6 Å². The fourth-order valence-corrected chi connectivity index (χ4v) is 2.63. The second kappa shape index (κ2) is 5.06. The van der Waals surface area contributed by atoms with Gasteiger partial charge in [0.25, 0.3) is 0 Å². The number of fused-ring (bicyclic) bond motifs is 1. The number of carbonyl (C=O) groups is 1. The summed E-state index contributed by atoms with van der Waals surface area (Å²) in [6.07, 6.45) is 2.95. The van der Waals surface area contributed by atoms with E-state index in [1.807, 2.05) is 6.07 Å². The van der Waals surface area contributed by atoms with Crippen molar-refractivity contribution in [3.8, 4) is 0 Å². The third-order valence-electron chi connectivity index (χ3n) is 3.58. The van der Waals surface area contributed by atoms with Crippen molar-refractivity contribution in [3.05, 3.63) is 54.1 Å². The van der Waals surface area contributed by atoms with E-state index in [2.05, 4.69) is 42.5 Å². The highest BCUT2D eigenvalue weighted by atomic mass is 35.5. The molecule has 0 aromatic heterocycles. The van der Waals surface area contributed by atoms with Gasteiger partial charge in [-0.25, -0.2) is 0 Å². The molecule has 1 amide bonds. The van der Waals surface area contributed by atoms with Gasteiger partial charge < -0.3 is 4.90 Å².